The minimum Gasteiger partial charge on any atom is -0.465 e. The highest BCUT2D eigenvalue weighted by molar-refractivity contribution is 5.76. The van der Waals surface area contributed by atoms with E-state index in [1.165, 1.54) is 5.56 Å². The first-order valence-electron chi connectivity index (χ1n) is 7.71. The number of ether oxygens (including phenoxy) is 1. The van der Waals surface area contributed by atoms with Gasteiger partial charge in [0.15, 0.2) is 0 Å². The molecular formula is C18H23NO2. The molecule has 0 N–H and O–H groups in total. The van der Waals surface area contributed by atoms with E-state index in [0.29, 0.717) is 12.5 Å². The van der Waals surface area contributed by atoms with Gasteiger partial charge in [0.1, 0.15) is 5.92 Å². The van der Waals surface area contributed by atoms with Crippen molar-refractivity contribution >= 4 is 5.97 Å². The van der Waals surface area contributed by atoms with Crippen LogP contribution < -0.4 is 0 Å². The Morgan fingerprint density at radius 1 is 1.48 bits per heavy atom. The lowest BCUT2D eigenvalue weighted by Gasteiger charge is -2.32. The van der Waals surface area contributed by atoms with Crippen LogP contribution >= 0.6 is 0 Å². The number of rotatable bonds is 5. The molecule has 3 nitrogen and oxygen atoms in total. The summed E-state index contributed by atoms with van der Waals surface area (Å²) in [6.07, 6.45) is 3.68. The highest BCUT2D eigenvalue weighted by Gasteiger charge is 2.48. The maximum absolute atomic E-state index is 12.2. The SMILES string of the molecule is CCOC(=O)C(C#N)[C@]1(Cc2ccccc2)CC[C@@H](C)C1. The van der Waals surface area contributed by atoms with E-state index < -0.39 is 5.92 Å². The van der Waals surface area contributed by atoms with Crippen LogP contribution in [0, 0.1) is 28.6 Å². The number of carbonyl (C=O) groups excluding carboxylic acids is 1. The zero-order valence-corrected chi connectivity index (χ0v) is 12.8. The van der Waals surface area contributed by atoms with Crippen LogP contribution in [0.4, 0.5) is 0 Å². The van der Waals surface area contributed by atoms with Crippen LogP contribution in [0.15, 0.2) is 30.3 Å². The molecule has 0 heterocycles. The molecule has 0 aliphatic heterocycles. The molecule has 0 aromatic heterocycles. The first-order chi connectivity index (χ1) is 10.1. The van der Waals surface area contributed by atoms with Gasteiger partial charge in [0, 0.05) is 5.41 Å². The molecular weight excluding hydrogens is 262 g/mol. The van der Waals surface area contributed by atoms with Gasteiger partial charge in [-0.3, -0.25) is 4.79 Å². The van der Waals surface area contributed by atoms with Crippen LogP contribution in [0.5, 0.6) is 0 Å². The Bertz CT molecular complexity index is 520. The highest BCUT2D eigenvalue weighted by Crippen LogP contribution is 2.49. The topological polar surface area (TPSA) is 50.1 Å². The van der Waals surface area contributed by atoms with Gasteiger partial charge in [-0.2, -0.15) is 5.26 Å². The average Bonchev–Trinajstić information content (AvgIpc) is 2.83. The quantitative estimate of drug-likeness (QED) is 0.774. The Labute approximate surface area is 126 Å². The van der Waals surface area contributed by atoms with E-state index in [1.54, 1.807) is 6.92 Å². The van der Waals surface area contributed by atoms with E-state index in [4.69, 9.17) is 4.74 Å². The third-order valence-corrected chi connectivity index (χ3v) is 4.55. The van der Waals surface area contributed by atoms with E-state index in [1.807, 2.05) is 18.2 Å². The lowest BCUT2D eigenvalue weighted by molar-refractivity contribution is -0.150. The van der Waals surface area contributed by atoms with Gasteiger partial charge in [0.2, 0.25) is 0 Å². The summed E-state index contributed by atoms with van der Waals surface area (Å²) in [7, 11) is 0. The molecule has 1 fully saturated rings. The predicted molar refractivity (Wildman–Crippen MR) is 81.3 cm³/mol. The zero-order chi connectivity index (χ0) is 15.3. The molecule has 21 heavy (non-hydrogen) atoms. The number of hydrogen-bond acceptors (Lipinski definition) is 3. The third-order valence-electron chi connectivity index (χ3n) is 4.55. The zero-order valence-electron chi connectivity index (χ0n) is 12.8. The first-order valence-corrected chi connectivity index (χ1v) is 7.71. The Balaban J connectivity index is 2.29. The van der Waals surface area contributed by atoms with Gasteiger partial charge in [0.25, 0.3) is 0 Å². The molecule has 0 spiro atoms. The molecule has 1 aromatic rings. The smallest absolute Gasteiger partial charge is 0.323 e. The van der Waals surface area contributed by atoms with Crippen molar-refractivity contribution < 1.29 is 9.53 Å². The molecule has 112 valence electrons. The van der Waals surface area contributed by atoms with E-state index >= 15 is 0 Å². The third kappa shape index (κ3) is 3.44. The van der Waals surface area contributed by atoms with Gasteiger partial charge in [-0.25, -0.2) is 0 Å². The highest BCUT2D eigenvalue weighted by atomic mass is 16.5. The Morgan fingerprint density at radius 3 is 2.71 bits per heavy atom. The van der Waals surface area contributed by atoms with Gasteiger partial charge < -0.3 is 4.74 Å². The summed E-state index contributed by atoms with van der Waals surface area (Å²) in [5, 5.41) is 9.56. The second-order valence-corrected chi connectivity index (χ2v) is 6.19. The number of carbonyl (C=O) groups is 1. The predicted octanol–water partition coefficient (Wildman–Crippen LogP) is 3.74. The van der Waals surface area contributed by atoms with Crippen molar-refractivity contribution in [1.29, 1.82) is 5.26 Å². The van der Waals surface area contributed by atoms with E-state index in [2.05, 4.69) is 25.1 Å². The van der Waals surface area contributed by atoms with Crippen LogP contribution in [-0.2, 0) is 16.0 Å². The normalized spacial score (nSPS) is 26.0. The van der Waals surface area contributed by atoms with Gasteiger partial charge in [-0.15, -0.1) is 0 Å². The fourth-order valence-electron chi connectivity index (χ4n) is 3.62. The van der Waals surface area contributed by atoms with Crippen LogP contribution in [0.1, 0.15) is 38.7 Å². The van der Waals surface area contributed by atoms with Crippen LogP contribution in [0.2, 0.25) is 0 Å². The molecule has 0 bridgehead atoms. The van der Waals surface area contributed by atoms with Gasteiger partial charge in [-0.1, -0.05) is 43.7 Å². The van der Waals surface area contributed by atoms with E-state index in [0.717, 1.165) is 25.7 Å². The Hall–Kier alpha value is -1.82. The van der Waals surface area contributed by atoms with Crippen molar-refractivity contribution in [2.75, 3.05) is 6.61 Å². The lowest BCUT2D eigenvalue weighted by atomic mass is 9.70. The summed E-state index contributed by atoms with van der Waals surface area (Å²) in [5.41, 5.74) is 0.915. The molecule has 0 saturated heterocycles. The second-order valence-electron chi connectivity index (χ2n) is 6.19. The molecule has 3 heteroatoms. The lowest BCUT2D eigenvalue weighted by Crippen LogP contribution is -2.36. The van der Waals surface area contributed by atoms with Gasteiger partial charge in [-0.05, 0) is 37.7 Å². The summed E-state index contributed by atoms with van der Waals surface area (Å²) in [4.78, 5) is 12.2. The number of benzene rings is 1. The maximum atomic E-state index is 12.2. The Morgan fingerprint density at radius 2 is 2.19 bits per heavy atom. The number of hydrogen-bond donors (Lipinski definition) is 0. The summed E-state index contributed by atoms with van der Waals surface area (Å²) in [6.45, 7) is 4.31. The van der Waals surface area contributed by atoms with Crippen molar-refractivity contribution in [1.82, 2.24) is 0 Å². The van der Waals surface area contributed by atoms with E-state index in [-0.39, 0.29) is 11.4 Å². The average molecular weight is 285 g/mol. The van der Waals surface area contributed by atoms with Crippen molar-refractivity contribution in [3.63, 3.8) is 0 Å². The van der Waals surface area contributed by atoms with E-state index in [9.17, 15) is 10.1 Å². The van der Waals surface area contributed by atoms with Crippen LogP contribution in [0.25, 0.3) is 0 Å². The second kappa shape index (κ2) is 6.76. The summed E-state index contributed by atoms with van der Waals surface area (Å²) in [5.74, 6) is -0.466. The fraction of sp³-hybridized carbons (Fsp3) is 0.556. The number of nitriles is 1. The van der Waals surface area contributed by atoms with Crippen LogP contribution in [-0.4, -0.2) is 12.6 Å². The molecule has 0 amide bonds. The molecule has 3 atom stereocenters. The number of nitrogens with zero attached hydrogens (tertiary/aromatic N) is 1. The largest absolute Gasteiger partial charge is 0.465 e. The van der Waals surface area contributed by atoms with Gasteiger partial charge >= 0.3 is 5.97 Å². The molecule has 1 saturated carbocycles. The summed E-state index contributed by atoms with van der Waals surface area (Å²) >= 11 is 0. The van der Waals surface area contributed by atoms with Crippen LogP contribution in [0.3, 0.4) is 0 Å². The van der Waals surface area contributed by atoms with Crippen molar-refractivity contribution in [3.8, 4) is 6.07 Å². The molecule has 1 unspecified atom stereocenters. The van der Waals surface area contributed by atoms with Crippen molar-refractivity contribution in [3.05, 3.63) is 35.9 Å². The standard InChI is InChI=1S/C18H23NO2/c1-3-21-17(20)16(13-19)18(10-9-14(2)11-18)12-15-7-5-4-6-8-15/h4-8,14,16H,3,9-12H2,1-2H3/t14-,16?,18-/m1/s1. The van der Waals surface area contributed by atoms with Gasteiger partial charge in [0.05, 0.1) is 12.7 Å². The first kappa shape index (κ1) is 15.6. The molecule has 1 aromatic carbocycles. The monoisotopic (exact) mass is 285 g/mol. The Kier molecular flexibility index (Phi) is 5.01. The molecule has 1 aliphatic carbocycles. The summed E-state index contributed by atoms with van der Waals surface area (Å²) < 4.78 is 5.14. The molecule has 2 rings (SSSR count). The minimum atomic E-state index is -0.664. The van der Waals surface area contributed by atoms with Crippen molar-refractivity contribution in [2.24, 2.45) is 17.3 Å². The minimum absolute atomic E-state index is 0.276. The molecule has 0 radical (unpaired) electrons. The maximum Gasteiger partial charge on any atom is 0.323 e. The summed E-state index contributed by atoms with van der Waals surface area (Å²) in [6, 6.07) is 12.4. The molecule has 1 aliphatic rings. The number of esters is 1. The fourth-order valence-corrected chi connectivity index (χ4v) is 3.62. The van der Waals surface area contributed by atoms with Crippen molar-refractivity contribution in [2.45, 2.75) is 39.5 Å².